The molecule has 37 heavy (non-hydrogen) atoms. The van der Waals surface area contributed by atoms with Gasteiger partial charge < -0.3 is 24.4 Å². The molecule has 1 heterocycles. The lowest BCUT2D eigenvalue weighted by Gasteiger charge is -2.22. The Kier molecular flexibility index (Phi) is 9.82. The molecular formula is C26H34N6O5. The highest BCUT2D eigenvalue weighted by Crippen LogP contribution is 2.30. The maximum absolute atomic E-state index is 13.2. The van der Waals surface area contributed by atoms with Crippen LogP contribution in [0.15, 0.2) is 42.5 Å². The van der Waals surface area contributed by atoms with Crippen molar-refractivity contribution in [1.29, 1.82) is 0 Å². The van der Waals surface area contributed by atoms with Crippen LogP contribution >= 0.6 is 0 Å². The van der Waals surface area contributed by atoms with Crippen LogP contribution in [0.2, 0.25) is 0 Å². The molecule has 0 aliphatic heterocycles. The second-order valence-electron chi connectivity index (χ2n) is 8.84. The fraction of sp³-hybridized carbons (Fsp3) is 0.423. The number of aromatic nitrogens is 4. The lowest BCUT2D eigenvalue weighted by atomic mass is 10.1. The number of benzene rings is 2. The van der Waals surface area contributed by atoms with Gasteiger partial charge in [-0.15, -0.1) is 10.2 Å². The first-order chi connectivity index (χ1) is 17.8. The van der Waals surface area contributed by atoms with Gasteiger partial charge in [-0.05, 0) is 53.4 Å². The van der Waals surface area contributed by atoms with Crippen LogP contribution in [0.4, 0.5) is 0 Å². The molecule has 0 unspecified atom stereocenters. The summed E-state index contributed by atoms with van der Waals surface area (Å²) in [5.74, 6) is 2.09. The van der Waals surface area contributed by atoms with E-state index in [2.05, 4.69) is 34.6 Å². The SMILES string of the molecule is COc1ccc(CN(CC(=O)NCCC(C)C)C(=O)Cn2nnc(-c3ccc(OC)c(OC)c3)n2)cc1. The minimum atomic E-state index is -0.314. The van der Waals surface area contributed by atoms with Gasteiger partial charge in [-0.3, -0.25) is 9.59 Å². The number of carbonyl (C=O) groups excluding carboxylic acids is 2. The van der Waals surface area contributed by atoms with E-state index in [1.54, 1.807) is 39.5 Å². The van der Waals surface area contributed by atoms with Gasteiger partial charge in [0.05, 0.1) is 27.9 Å². The smallest absolute Gasteiger partial charge is 0.247 e. The Labute approximate surface area is 216 Å². The third kappa shape index (κ3) is 7.92. The van der Waals surface area contributed by atoms with Crippen LogP contribution in [-0.4, -0.2) is 71.3 Å². The maximum atomic E-state index is 13.2. The molecule has 0 saturated carbocycles. The maximum Gasteiger partial charge on any atom is 0.247 e. The Morgan fingerprint density at radius 2 is 1.73 bits per heavy atom. The first-order valence-corrected chi connectivity index (χ1v) is 12.0. The molecule has 1 N–H and O–H groups in total. The molecule has 0 aliphatic carbocycles. The van der Waals surface area contributed by atoms with Crippen LogP contribution in [-0.2, 0) is 22.7 Å². The van der Waals surface area contributed by atoms with Gasteiger partial charge in [0.15, 0.2) is 11.5 Å². The third-order valence-corrected chi connectivity index (χ3v) is 5.63. The molecule has 1 aromatic heterocycles. The molecular weight excluding hydrogens is 476 g/mol. The predicted molar refractivity (Wildman–Crippen MR) is 137 cm³/mol. The van der Waals surface area contributed by atoms with E-state index in [1.165, 1.54) is 9.70 Å². The second kappa shape index (κ2) is 13.2. The van der Waals surface area contributed by atoms with E-state index in [9.17, 15) is 9.59 Å². The number of rotatable bonds is 13. The Morgan fingerprint density at radius 1 is 1.00 bits per heavy atom. The van der Waals surface area contributed by atoms with E-state index in [4.69, 9.17) is 14.2 Å². The van der Waals surface area contributed by atoms with Crippen molar-refractivity contribution in [3.05, 3.63) is 48.0 Å². The summed E-state index contributed by atoms with van der Waals surface area (Å²) >= 11 is 0. The highest BCUT2D eigenvalue weighted by Gasteiger charge is 2.20. The molecule has 0 aliphatic rings. The number of tetrazole rings is 1. The molecule has 0 radical (unpaired) electrons. The summed E-state index contributed by atoms with van der Waals surface area (Å²) in [5, 5.41) is 15.3. The molecule has 198 valence electrons. The van der Waals surface area contributed by atoms with Crippen molar-refractivity contribution in [1.82, 2.24) is 30.4 Å². The first-order valence-electron chi connectivity index (χ1n) is 12.0. The molecule has 3 aromatic rings. The van der Waals surface area contributed by atoms with Crippen molar-refractivity contribution >= 4 is 11.8 Å². The Hall–Kier alpha value is -4.15. The lowest BCUT2D eigenvalue weighted by Crippen LogP contribution is -2.42. The fourth-order valence-corrected chi connectivity index (χ4v) is 3.54. The van der Waals surface area contributed by atoms with Crippen molar-refractivity contribution in [3.63, 3.8) is 0 Å². The molecule has 0 fully saturated rings. The van der Waals surface area contributed by atoms with Crippen molar-refractivity contribution in [2.24, 2.45) is 5.92 Å². The third-order valence-electron chi connectivity index (χ3n) is 5.63. The molecule has 0 spiro atoms. The molecule has 0 bridgehead atoms. The number of amides is 2. The van der Waals surface area contributed by atoms with Crippen LogP contribution < -0.4 is 19.5 Å². The quantitative estimate of drug-likeness (QED) is 0.373. The minimum Gasteiger partial charge on any atom is -0.497 e. The predicted octanol–water partition coefficient (Wildman–Crippen LogP) is 2.56. The summed E-state index contributed by atoms with van der Waals surface area (Å²) < 4.78 is 15.8. The molecule has 0 saturated heterocycles. The largest absolute Gasteiger partial charge is 0.497 e. The van der Waals surface area contributed by atoms with E-state index >= 15 is 0 Å². The normalized spacial score (nSPS) is 10.8. The van der Waals surface area contributed by atoms with Gasteiger partial charge in [0, 0.05) is 18.7 Å². The Bertz CT molecular complexity index is 1180. The molecule has 11 heteroatoms. The molecule has 2 aromatic carbocycles. The zero-order valence-corrected chi connectivity index (χ0v) is 21.9. The van der Waals surface area contributed by atoms with E-state index in [0.717, 1.165) is 12.0 Å². The number of carbonyl (C=O) groups is 2. The van der Waals surface area contributed by atoms with Gasteiger partial charge in [0.25, 0.3) is 0 Å². The number of nitrogens with one attached hydrogen (secondary N) is 1. The van der Waals surface area contributed by atoms with E-state index < -0.39 is 0 Å². The van der Waals surface area contributed by atoms with Crippen molar-refractivity contribution in [2.45, 2.75) is 33.4 Å². The summed E-state index contributed by atoms with van der Waals surface area (Å²) in [4.78, 5) is 28.5. The van der Waals surface area contributed by atoms with Crippen LogP contribution in [0, 0.1) is 5.92 Å². The summed E-state index contributed by atoms with van der Waals surface area (Å²) in [6, 6.07) is 12.6. The minimum absolute atomic E-state index is 0.0831. The van der Waals surface area contributed by atoms with E-state index in [-0.39, 0.29) is 31.4 Å². The number of hydrogen-bond donors (Lipinski definition) is 1. The molecule has 2 amide bonds. The average Bonchev–Trinajstić information content (AvgIpc) is 3.36. The zero-order valence-electron chi connectivity index (χ0n) is 21.9. The van der Waals surface area contributed by atoms with E-state index in [1.807, 2.05) is 24.3 Å². The highest BCUT2D eigenvalue weighted by molar-refractivity contribution is 5.84. The zero-order chi connectivity index (χ0) is 26.8. The van der Waals surface area contributed by atoms with Gasteiger partial charge in [-0.25, -0.2) is 0 Å². The molecule has 3 rings (SSSR count). The summed E-state index contributed by atoms with van der Waals surface area (Å²) in [6.07, 6.45) is 0.861. The van der Waals surface area contributed by atoms with Gasteiger partial charge in [-0.1, -0.05) is 26.0 Å². The highest BCUT2D eigenvalue weighted by atomic mass is 16.5. The van der Waals surface area contributed by atoms with Crippen molar-refractivity contribution < 1.29 is 23.8 Å². The summed E-state index contributed by atoms with van der Waals surface area (Å²) in [6.45, 7) is 4.73. The summed E-state index contributed by atoms with van der Waals surface area (Å²) in [7, 11) is 4.69. The van der Waals surface area contributed by atoms with Gasteiger partial charge in [0.2, 0.25) is 17.6 Å². The standard InChI is InChI=1S/C26H34N6O5/c1-18(2)12-13-27-24(33)16-31(15-19-6-9-21(35-3)10-7-19)25(34)17-32-29-26(28-30-32)20-8-11-22(36-4)23(14-20)37-5/h6-11,14,18H,12-13,15-17H2,1-5H3,(H,27,33). The monoisotopic (exact) mass is 510 g/mol. The molecule has 11 nitrogen and oxygen atoms in total. The van der Waals surface area contributed by atoms with Crippen molar-refractivity contribution in [2.75, 3.05) is 34.4 Å². The second-order valence-corrected chi connectivity index (χ2v) is 8.84. The van der Waals surface area contributed by atoms with Gasteiger partial charge >= 0.3 is 0 Å². The Balaban J connectivity index is 1.73. The van der Waals surface area contributed by atoms with Gasteiger partial charge in [0.1, 0.15) is 12.3 Å². The number of hydrogen-bond acceptors (Lipinski definition) is 8. The fourth-order valence-electron chi connectivity index (χ4n) is 3.54. The van der Waals surface area contributed by atoms with Crippen LogP contribution in [0.5, 0.6) is 17.2 Å². The first kappa shape index (κ1) is 27.4. The summed E-state index contributed by atoms with van der Waals surface area (Å²) in [5.41, 5.74) is 1.53. The molecule has 0 atom stereocenters. The number of nitrogens with zero attached hydrogens (tertiary/aromatic N) is 5. The van der Waals surface area contributed by atoms with E-state index in [0.29, 0.717) is 41.1 Å². The number of methoxy groups -OCH3 is 3. The topological polar surface area (TPSA) is 121 Å². The lowest BCUT2D eigenvalue weighted by molar-refractivity contribution is -0.137. The van der Waals surface area contributed by atoms with Crippen molar-refractivity contribution in [3.8, 4) is 28.6 Å². The van der Waals surface area contributed by atoms with Crippen LogP contribution in [0.25, 0.3) is 11.4 Å². The van der Waals surface area contributed by atoms with Gasteiger partial charge in [-0.2, -0.15) is 4.80 Å². The average molecular weight is 511 g/mol. The van der Waals surface area contributed by atoms with Crippen LogP contribution in [0.3, 0.4) is 0 Å². The van der Waals surface area contributed by atoms with Crippen LogP contribution in [0.1, 0.15) is 25.8 Å². The number of ether oxygens (including phenoxy) is 3. The Morgan fingerprint density at radius 3 is 2.38 bits per heavy atom.